The van der Waals surface area contributed by atoms with Gasteiger partial charge in [0.2, 0.25) is 0 Å². The van der Waals surface area contributed by atoms with Crippen molar-refractivity contribution < 1.29 is 0 Å². The first-order chi connectivity index (χ1) is 10.3. The van der Waals surface area contributed by atoms with E-state index in [4.69, 9.17) is 0 Å². The summed E-state index contributed by atoms with van der Waals surface area (Å²) >= 11 is 0. The van der Waals surface area contributed by atoms with Crippen LogP contribution in [0.15, 0.2) is 4.99 Å². The molecule has 1 saturated heterocycles. The fourth-order valence-electron chi connectivity index (χ4n) is 4.35. The zero-order chi connectivity index (χ0) is 14.5. The molecule has 4 nitrogen and oxygen atoms in total. The normalized spacial score (nSPS) is 29.4. The summed E-state index contributed by atoms with van der Waals surface area (Å²) in [6.45, 7) is 3.56. The molecule has 2 saturated carbocycles. The maximum absolute atomic E-state index is 4.41. The van der Waals surface area contributed by atoms with Crippen molar-refractivity contribution in [3.05, 3.63) is 0 Å². The van der Waals surface area contributed by atoms with Gasteiger partial charge in [-0.25, -0.2) is 0 Å². The molecule has 2 N–H and O–H groups in total. The summed E-state index contributed by atoms with van der Waals surface area (Å²) in [5, 5.41) is 7.18. The number of rotatable bonds is 4. The van der Waals surface area contributed by atoms with Crippen LogP contribution in [0.2, 0.25) is 0 Å². The summed E-state index contributed by atoms with van der Waals surface area (Å²) in [4.78, 5) is 7.11. The number of guanidine groups is 1. The van der Waals surface area contributed by atoms with Crippen molar-refractivity contribution >= 4 is 5.96 Å². The Morgan fingerprint density at radius 1 is 1.05 bits per heavy atom. The van der Waals surface area contributed by atoms with E-state index in [1.54, 1.807) is 0 Å². The molecule has 3 rings (SSSR count). The Morgan fingerprint density at radius 2 is 1.76 bits per heavy atom. The molecule has 3 aliphatic rings. The Kier molecular flexibility index (Phi) is 5.39. The third-order valence-corrected chi connectivity index (χ3v) is 5.66. The summed E-state index contributed by atoms with van der Waals surface area (Å²) in [6, 6.07) is 1.45. The average Bonchev–Trinajstić information content (AvgIpc) is 3.24. The molecule has 0 bridgehead atoms. The van der Waals surface area contributed by atoms with Gasteiger partial charge >= 0.3 is 0 Å². The molecule has 4 heteroatoms. The Hall–Kier alpha value is -0.770. The molecule has 1 heterocycles. The summed E-state index contributed by atoms with van der Waals surface area (Å²) in [5.41, 5.74) is 0. The van der Waals surface area contributed by atoms with Crippen LogP contribution in [0.25, 0.3) is 0 Å². The zero-order valence-corrected chi connectivity index (χ0v) is 13.6. The molecule has 1 atom stereocenters. The monoisotopic (exact) mass is 292 g/mol. The van der Waals surface area contributed by atoms with E-state index < -0.39 is 0 Å². The highest BCUT2D eigenvalue weighted by Gasteiger charge is 2.30. The number of aliphatic imine (C=N–C) groups is 1. The van der Waals surface area contributed by atoms with Crippen molar-refractivity contribution in [2.24, 2.45) is 10.9 Å². The van der Waals surface area contributed by atoms with Gasteiger partial charge in [0.1, 0.15) is 0 Å². The van der Waals surface area contributed by atoms with Crippen molar-refractivity contribution in [1.29, 1.82) is 0 Å². The van der Waals surface area contributed by atoms with Crippen LogP contribution in [0.1, 0.15) is 57.8 Å². The summed E-state index contributed by atoms with van der Waals surface area (Å²) < 4.78 is 0. The Labute approximate surface area is 129 Å². The molecule has 0 aromatic heterocycles. The van der Waals surface area contributed by atoms with Gasteiger partial charge in [-0.05, 0) is 38.0 Å². The number of likely N-dealkylation sites (tertiary alicyclic amines) is 1. The largest absolute Gasteiger partial charge is 0.356 e. The zero-order valence-electron chi connectivity index (χ0n) is 13.6. The van der Waals surface area contributed by atoms with Crippen molar-refractivity contribution in [3.63, 3.8) is 0 Å². The number of nitrogens with one attached hydrogen (secondary N) is 2. The van der Waals surface area contributed by atoms with Gasteiger partial charge in [0, 0.05) is 38.8 Å². The SMILES string of the molecule is CN=C(NCC1CCCC1)NC1CCN(C2CCCC2)C1. The molecule has 0 radical (unpaired) electrons. The third-order valence-electron chi connectivity index (χ3n) is 5.66. The average molecular weight is 292 g/mol. The van der Waals surface area contributed by atoms with Crippen LogP contribution in [-0.4, -0.2) is 49.6 Å². The second-order valence-corrected chi connectivity index (χ2v) is 7.17. The van der Waals surface area contributed by atoms with Crippen LogP contribution in [0, 0.1) is 5.92 Å². The van der Waals surface area contributed by atoms with E-state index in [1.807, 2.05) is 7.05 Å². The van der Waals surface area contributed by atoms with E-state index in [0.29, 0.717) is 6.04 Å². The number of hydrogen-bond donors (Lipinski definition) is 2. The van der Waals surface area contributed by atoms with Gasteiger partial charge < -0.3 is 10.6 Å². The Balaban J connectivity index is 1.40. The predicted octanol–water partition coefficient (Wildman–Crippen LogP) is 2.36. The Bertz CT molecular complexity index is 343. The van der Waals surface area contributed by atoms with Crippen molar-refractivity contribution in [2.45, 2.75) is 69.9 Å². The first kappa shape index (κ1) is 15.1. The molecule has 0 amide bonds. The lowest BCUT2D eigenvalue weighted by Gasteiger charge is -2.24. The lowest BCUT2D eigenvalue weighted by atomic mass is 10.1. The molecule has 2 aliphatic carbocycles. The maximum Gasteiger partial charge on any atom is 0.191 e. The van der Waals surface area contributed by atoms with Crippen molar-refractivity contribution in [2.75, 3.05) is 26.7 Å². The third kappa shape index (κ3) is 4.12. The van der Waals surface area contributed by atoms with E-state index in [1.165, 1.54) is 70.9 Å². The van der Waals surface area contributed by atoms with E-state index >= 15 is 0 Å². The molecule has 0 aromatic carbocycles. The summed E-state index contributed by atoms with van der Waals surface area (Å²) in [7, 11) is 1.90. The second kappa shape index (κ2) is 7.48. The van der Waals surface area contributed by atoms with E-state index in [-0.39, 0.29) is 0 Å². The summed E-state index contributed by atoms with van der Waals surface area (Å²) in [5.74, 6) is 1.88. The minimum absolute atomic E-state index is 0.584. The lowest BCUT2D eigenvalue weighted by Crippen LogP contribution is -2.46. The molecular formula is C17H32N4. The highest BCUT2D eigenvalue weighted by Crippen LogP contribution is 2.26. The first-order valence-electron chi connectivity index (χ1n) is 9.06. The highest BCUT2D eigenvalue weighted by atomic mass is 15.3. The van der Waals surface area contributed by atoms with Crippen LogP contribution in [0.3, 0.4) is 0 Å². The minimum Gasteiger partial charge on any atom is -0.356 e. The van der Waals surface area contributed by atoms with Crippen molar-refractivity contribution in [1.82, 2.24) is 15.5 Å². The molecular weight excluding hydrogens is 260 g/mol. The van der Waals surface area contributed by atoms with Gasteiger partial charge in [0.25, 0.3) is 0 Å². The van der Waals surface area contributed by atoms with Crippen LogP contribution >= 0.6 is 0 Å². The summed E-state index contributed by atoms with van der Waals surface area (Å²) in [6.07, 6.45) is 12.6. The van der Waals surface area contributed by atoms with E-state index in [2.05, 4.69) is 20.5 Å². The van der Waals surface area contributed by atoms with Crippen molar-refractivity contribution in [3.8, 4) is 0 Å². The number of hydrogen-bond acceptors (Lipinski definition) is 2. The lowest BCUT2D eigenvalue weighted by molar-refractivity contribution is 0.242. The fraction of sp³-hybridized carbons (Fsp3) is 0.941. The van der Waals surface area contributed by atoms with E-state index in [9.17, 15) is 0 Å². The highest BCUT2D eigenvalue weighted by molar-refractivity contribution is 5.80. The maximum atomic E-state index is 4.41. The second-order valence-electron chi connectivity index (χ2n) is 7.17. The van der Waals surface area contributed by atoms with Crippen LogP contribution < -0.4 is 10.6 Å². The molecule has 120 valence electrons. The molecule has 0 aromatic rings. The van der Waals surface area contributed by atoms with Gasteiger partial charge in [0.15, 0.2) is 5.96 Å². The molecule has 1 unspecified atom stereocenters. The smallest absolute Gasteiger partial charge is 0.191 e. The standard InChI is InChI=1S/C17H32N4/c1-18-17(19-12-14-6-2-3-7-14)20-15-10-11-21(13-15)16-8-4-5-9-16/h14-16H,2-13H2,1H3,(H2,18,19,20). The number of nitrogens with zero attached hydrogens (tertiary/aromatic N) is 2. The molecule has 0 spiro atoms. The minimum atomic E-state index is 0.584. The van der Waals surface area contributed by atoms with Gasteiger partial charge in [0.05, 0.1) is 0 Å². The quantitative estimate of drug-likeness (QED) is 0.617. The van der Waals surface area contributed by atoms with Gasteiger partial charge in [-0.15, -0.1) is 0 Å². The van der Waals surface area contributed by atoms with Crippen LogP contribution in [0.4, 0.5) is 0 Å². The molecule has 21 heavy (non-hydrogen) atoms. The van der Waals surface area contributed by atoms with Gasteiger partial charge in [-0.2, -0.15) is 0 Å². The molecule has 1 aliphatic heterocycles. The Morgan fingerprint density at radius 3 is 2.48 bits per heavy atom. The van der Waals surface area contributed by atoms with Gasteiger partial charge in [-0.3, -0.25) is 9.89 Å². The molecule has 3 fully saturated rings. The van der Waals surface area contributed by atoms with Crippen LogP contribution in [0.5, 0.6) is 0 Å². The fourth-order valence-corrected chi connectivity index (χ4v) is 4.35. The van der Waals surface area contributed by atoms with E-state index in [0.717, 1.165) is 24.5 Å². The first-order valence-corrected chi connectivity index (χ1v) is 9.06. The topological polar surface area (TPSA) is 39.7 Å². The van der Waals surface area contributed by atoms with Gasteiger partial charge in [-0.1, -0.05) is 25.7 Å². The van der Waals surface area contributed by atoms with Crippen LogP contribution in [-0.2, 0) is 0 Å². The predicted molar refractivity (Wildman–Crippen MR) is 88.7 cm³/mol.